The smallest absolute Gasteiger partial charge is 0.226 e. The molecule has 0 radical (unpaired) electrons. The van der Waals surface area contributed by atoms with Crippen molar-refractivity contribution in [2.24, 2.45) is 4.99 Å². The predicted molar refractivity (Wildman–Crippen MR) is 103 cm³/mol. The van der Waals surface area contributed by atoms with Crippen molar-refractivity contribution in [3.8, 4) is 11.5 Å². The van der Waals surface area contributed by atoms with E-state index in [1.807, 2.05) is 31.2 Å². The normalized spacial score (nSPS) is 16.7. The lowest BCUT2D eigenvalue weighted by atomic mass is 10.0. The highest BCUT2D eigenvalue weighted by atomic mass is 16.3. The van der Waals surface area contributed by atoms with Gasteiger partial charge in [0.2, 0.25) is 5.89 Å². The highest BCUT2D eigenvalue weighted by Crippen LogP contribution is 2.28. The second kappa shape index (κ2) is 8.36. The van der Waals surface area contributed by atoms with Crippen LogP contribution in [0.25, 0.3) is 11.5 Å². The van der Waals surface area contributed by atoms with Crippen molar-refractivity contribution < 1.29 is 9.52 Å². The summed E-state index contributed by atoms with van der Waals surface area (Å²) in [6.07, 6.45) is 5.52. The summed E-state index contributed by atoms with van der Waals surface area (Å²) in [4.78, 5) is 9.07. The summed E-state index contributed by atoms with van der Waals surface area (Å²) < 4.78 is 5.58. The first-order valence-corrected chi connectivity index (χ1v) is 9.34. The van der Waals surface area contributed by atoms with E-state index in [9.17, 15) is 5.11 Å². The number of nitrogens with one attached hydrogen (secondary N) is 2. The number of aryl methyl sites for hydroxylation is 1. The van der Waals surface area contributed by atoms with Crippen LogP contribution in [0.2, 0.25) is 0 Å². The standard InChI is InChI=1S/C20H28N4O2/c1-3-21-19(23-14-20(25)10-4-5-11-20)22-12-17-13-26-18(24-17)16-8-6-15(2)7-9-16/h6-9,13,25H,3-5,10-12,14H2,1-2H3,(H2,21,22,23). The van der Waals surface area contributed by atoms with Crippen LogP contribution in [0.5, 0.6) is 0 Å². The molecule has 1 aliphatic carbocycles. The number of nitrogens with zero attached hydrogens (tertiary/aromatic N) is 2. The van der Waals surface area contributed by atoms with E-state index < -0.39 is 5.60 Å². The first kappa shape index (κ1) is 18.5. The van der Waals surface area contributed by atoms with Gasteiger partial charge in [0.15, 0.2) is 5.96 Å². The number of hydrogen-bond acceptors (Lipinski definition) is 4. The molecule has 0 aliphatic heterocycles. The molecule has 1 fully saturated rings. The SMILES string of the molecule is CCNC(=NCc1coc(-c2ccc(C)cc2)n1)NCC1(O)CCCC1. The Balaban J connectivity index is 1.61. The van der Waals surface area contributed by atoms with Crippen molar-refractivity contribution in [3.63, 3.8) is 0 Å². The molecule has 0 saturated heterocycles. The van der Waals surface area contributed by atoms with Crippen LogP contribution < -0.4 is 10.6 Å². The van der Waals surface area contributed by atoms with E-state index in [1.54, 1.807) is 6.26 Å². The monoisotopic (exact) mass is 356 g/mol. The van der Waals surface area contributed by atoms with Gasteiger partial charge in [0.05, 0.1) is 12.1 Å². The van der Waals surface area contributed by atoms with Crippen LogP contribution in [0.3, 0.4) is 0 Å². The molecule has 1 aliphatic rings. The minimum absolute atomic E-state index is 0.420. The van der Waals surface area contributed by atoms with Crippen molar-refractivity contribution >= 4 is 5.96 Å². The predicted octanol–water partition coefficient (Wildman–Crippen LogP) is 3.01. The summed E-state index contributed by atoms with van der Waals surface area (Å²) in [5.74, 6) is 1.29. The van der Waals surface area contributed by atoms with Gasteiger partial charge in [0, 0.05) is 18.7 Å². The Morgan fingerprint density at radius 2 is 1.96 bits per heavy atom. The third kappa shape index (κ3) is 4.85. The molecule has 1 heterocycles. The molecule has 0 unspecified atom stereocenters. The summed E-state index contributed by atoms with van der Waals surface area (Å²) in [6, 6.07) is 8.08. The van der Waals surface area contributed by atoms with Gasteiger partial charge >= 0.3 is 0 Å². The lowest BCUT2D eigenvalue weighted by Crippen LogP contribution is -2.46. The van der Waals surface area contributed by atoms with Crippen molar-refractivity contribution in [2.45, 2.75) is 51.7 Å². The molecule has 2 aromatic rings. The first-order chi connectivity index (χ1) is 12.6. The number of hydrogen-bond donors (Lipinski definition) is 3. The van der Waals surface area contributed by atoms with Crippen LogP contribution in [0, 0.1) is 6.92 Å². The number of aliphatic hydroxyl groups is 1. The summed E-state index contributed by atoms with van der Waals surface area (Å²) in [6.45, 7) is 5.77. The van der Waals surface area contributed by atoms with E-state index in [0.29, 0.717) is 24.9 Å². The van der Waals surface area contributed by atoms with Gasteiger partial charge in [0.1, 0.15) is 12.0 Å². The van der Waals surface area contributed by atoms with Crippen LogP contribution in [0.15, 0.2) is 39.9 Å². The summed E-state index contributed by atoms with van der Waals surface area (Å²) in [5, 5.41) is 16.9. The van der Waals surface area contributed by atoms with Gasteiger partial charge in [-0.15, -0.1) is 0 Å². The van der Waals surface area contributed by atoms with Gasteiger partial charge in [-0.05, 0) is 38.8 Å². The Morgan fingerprint density at radius 1 is 1.23 bits per heavy atom. The van der Waals surface area contributed by atoms with Gasteiger partial charge in [0.25, 0.3) is 0 Å². The molecular formula is C20H28N4O2. The van der Waals surface area contributed by atoms with Crippen molar-refractivity contribution in [1.82, 2.24) is 15.6 Å². The molecule has 140 valence electrons. The highest BCUT2D eigenvalue weighted by molar-refractivity contribution is 5.79. The molecule has 0 bridgehead atoms. The maximum atomic E-state index is 10.5. The molecular weight excluding hydrogens is 328 g/mol. The lowest BCUT2D eigenvalue weighted by molar-refractivity contribution is 0.0522. The largest absolute Gasteiger partial charge is 0.444 e. The topological polar surface area (TPSA) is 82.7 Å². The Morgan fingerprint density at radius 3 is 2.65 bits per heavy atom. The second-order valence-corrected chi connectivity index (χ2v) is 6.99. The van der Waals surface area contributed by atoms with Crippen LogP contribution in [0.1, 0.15) is 43.9 Å². The number of oxazole rings is 1. The van der Waals surface area contributed by atoms with E-state index in [2.05, 4.69) is 27.5 Å². The molecule has 1 saturated carbocycles. The Kier molecular flexibility index (Phi) is 5.93. The molecule has 1 aromatic heterocycles. The quantitative estimate of drug-likeness (QED) is 0.547. The van der Waals surface area contributed by atoms with E-state index >= 15 is 0 Å². The van der Waals surface area contributed by atoms with Crippen LogP contribution in [0.4, 0.5) is 0 Å². The molecule has 1 aromatic carbocycles. The fraction of sp³-hybridized carbons (Fsp3) is 0.500. The Bertz CT molecular complexity index is 731. The van der Waals surface area contributed by atoms with Gasteiger partial charge in [-0.3, -0.25) is 0 Å². The zero-order chi connectivity index (χ0) is 18.4. The van der Waals surface area contributed by atoms with Gasteiger partial charge in [-0.2, -0.15) is 0 Å². The van der Waals surface area contributed by atoms with Crippen LogP contribution in [-0.2, 0) is 6.54 Å². The summed E-state index contributed by atoms with van der Waals surface area (Å²) in [5.41, 5.74) is 2.33. The molecule has 0 atom stereocenters. The Hall–Kier alpha value is -2.34. The second-order valence-electron chi connectivity index (χ2n) is 6.99. The maximum Gasteiger partial charge on any atom is 0.226 e. The average molecular weight is 356 g/mol. The van der Waals surface area contributed by atoms with Crippen molar-refractivity contribution in [1.29, 1.82) is 0 Å². The van der Waals surface area contributed by atoms with Crippen LogP contribution in [-0.4, -0.2) is 34.7 Å². The summed E-state index contributed by atoms with van der Waals surface area (Å²) >= 11 is 0. The molecule has 26 heavy (non-hydrogen) atoms. The molecule has 6 heteroatoms. The molecule has 3 rings (SSSR count). The van der Waals surface area contributed by atoms with E-state index in [1.165, 1.54) is 5.56 Å². The van der Waals surface area contributed by atoms with E-state index in [4.69, 9.17) is 4.42 Å². The molecule has 6 nitrogen and oxygen atoms in total. The number of benzene rings is 1. The fourth-order valence-corrected chi connectivity index (χ4v) is 3.17. The minimum Gasteiger partial charge on any atom is -0.444 e. The van der Waals surface area contributed by atoms with E-state index in [-0.39, 0.29) is 0 Å². The number of aromatic nitrogens is 1. The van der Waals surface area contributed by atoms with Crippen molar-refractivity contribution in [3.05, 3.63) is 41.8 Å². The van der Waals surface area contributed by atoms with Crippen molar-refractivity contribution in [2.75, 3.05) is 13.1 Å². The highest BCUT2D eigenvalue weighted by Gasteiger charge is 2.30. The number of aliphatic imine (C=N–C) groups is 1. The van der Waals surface area contributed by atoms with E-state index in [0.717, 1.165) is 43.5 Å². The third-order valence-corrected chi connectivity index (χ3v) is 4.71. The Labute approximate surface area is 154 Å². The van der Waals surface area contributed by atoms with Gasteiger partial charge < -0.3 is 20.2 Å². The van der Waals surface area contributed by atoms with Crippen LogP contribution >= 0.6 is 0 Å². The third-order valence-electron chi connectivity index (χ3n) is 4.71. The number of guanidine groups is 1. The average Bonchev–Trinajstić information content (AvgIpc) is 3.28. The number of rotatable bonds is 6. The zero-order valence-electron chi connectivity index (χ0n) is 15.6. The first-order valence-electron chi connectivity index (χ1n) is 9.34. The lowest BCUT2D eigenvalue weighted by Gasteiger charge is -2.23. The zero-order valence-corrected chi connectivity index (χ0v) is 15.6. The molecule has 0 amide bonds. The maximum absolute atomic E-state index is 10.5. The molecule has 0 spiro atoms. The molecule has 3 N–H and O–H groups in total. The van der Waals surface area contributed by atoms with Gasteiger partial charge in [-0.25, -0.2) is 9.98 Å². The minimum atomic E-state index is -0.608. The fourth-order valence-electron chi connectivity index (χ4n) is 3.17. The van der Waals surface area contributed by atoms with Gasteiger partial charge in [-0.1, -0.05) is 30.5 Å². The summed E-state index contributed by atoms with van der Waals surface area (Å²) in [7, 11) is 0.